The Kier molecular flexibility index (Phi) is 4.90. The molecular formula is C13H25N3O3S. The van der Waals surface area contributed by atoms with Crippen molar-refractivity contribution in [2.45, 2.75) is 39.2 Å². The maximum atomic E-state index is 12.1. The Bertz CT molecular complexity index is 450. The summed E-state index contributed by atoms with van der Waals surface area (Å²) in [6.45, 7) is 6.42. The van der Waals surface area contributed by atoms with Gasteiger partial charge in [0.2, 0.25) is 10.0 Å². The number of hydrogen-bond donors (Lipinski definition) is 1. The van der Waals surface area contributed by atoms with Crippen molar-refractivity contribution in [3.8, 4) is 0 Å². The molecule has 0 aromatic heterocycles. The number of sulfonamides is 1. The molecule has 1 atom stereocenters. The number of amides is 2. The van der Waals surface area contributed by atoms with Gasteiger partial charge in [-0.1, -0.05) is 13.8 Å². The molecule has 0 spiro atoms. The summed E-state index contributed by atoms with van der Waals surface area (Å²) in [5.74, 6) is 0.699. The first kappa shape index (κ1) is 15.6. The van der Waals surface area contributed by atoms with E-state index < -0.39 is 10.0 Å². The van der Waals surface area contributed by atoms with Gasteiger partial charge in [-0.25, -0.2) is 17.5 Å². The van der Waals surface area contributed by atoms with Gasteiger partial charge >= 0.3 is 6.03 Å². The summed E-state index contributed by atoms with van der Waals surface area (Å²) in [4.78, 5) is 14.0. The van der Waals surface area contributed by atoms with E-state index in [1.54, 1.807) is 0 Å². The first-order valence-corrected chi connectivity index (χ1v) is 9.05. The van der Waals surface area contributed by atoms with Crippen LogP contribution in [0.1, 0.15) is 33.1 Å². The minimum Gasteiger partial charge on any atom is -0.337 e. The molecule has 6 nitrogen and oxygen atoms in total. The van der Waals surface area contributed by atoms with Crippen LogP contribution in [0.25, 0.3) is 0 Å². The highest BCUT2D eigenvalue weighted by molar-refractivity contribution is 7.89. The fourth-order valence-corrected chi connectivity index (χ4v) is 4.60. The maximum absolute atomic E-state index is 12.1. The predicted octanol–water partition coefficient (Wildman–Crippen LogP) is 0.852. The molecule has 0 bridgehead atoms. The number of likely N-dealkylation sites (tertiary alicyclic amines) is 1. The minimum atomic E-state index is -3.06. The van der Waals surface area contributed by atoms with E-state index in [1.807, 2.05) is 4.90 Å². The van der Waals surface area contributed by atoms with Crippen molar-refractivity contribution < 1.29 is 13.2 Å². The second-order valence-corrected chi connectivity index (χ2v) is 8.04. The summed E-state index contributed by atoms with van der Waals surface area (Å²) < 4.78 is 24.7. The van der Waals surface area contributed by atoms with E-state index in [0.717, 1.165) is 19.4 Å². The van der Waals surface area contributed by atoms with Gasteiger partial charge in [-0.3, -0.25) is 0 Å². The van der Waals surface area contributed by atoms with Crippen LogP contribution >= 0.6 is 0 Å². The van der Waals surface area contributed by atoms with E-state index >= 15 is 0 Å². The molecule has 1 unspecified atom stereocenters. The van der Waals surface area contributed by atoms with Gasteiger partial charge in [0.15, 0.2) is 0 Å². The zero-order valence-electron chi connectivity index (χ0n) is 12.3. The standard InChI is InChI=1S/C13H25N3O3S/c1-11(2)12-5-3-8-16(12)13(17)14-6-9-15-7-4-10-20(15,18)19/h11-12H,3-10H2,1-2H3,(H,14,17). The quantitative estimate of drug-likeness (QED) is 0.837. The number of rotatable bonds is 4. The monoisotopic (exact) mass is 303 g/mol. The number of carbonyl (C=O) groups is 1. The topological polar surface area (TPSA) is 69.7 Å². The third-order valence-electron chi connectivity index (χ3n) is 4.17. The molecule has 0 aromatic rings. The molecule has 0 aliphatic carbocycles. The molecule has 2 rings (SSSR count). The Hall–Kier alpha value is -0.820. The normalized spacial score (nSPS) is 26.4. The Labute approximate surface area is 121 Å². The fraction of sp³-hybridized carbons (Fsp3) is 0.923. The average Bonchev–Trinajstić information content (AvgIpc) is 2.96. The third-order valence-corrected chi connectivity index (χ3v) is 6.13. The van der Waals surface area contributed by atoms with Crippen molar-refractivity contribution in [1.82, 2.24) is 14.5 Å². The summed E-state index contributed by atoms with van der Waals surface area (Å²) in [5, 5.41) is 2.86. The van der Waals surface area contributed by atoms with Crippen LogP contribution in [0.15, 0.2) is 0 Å². The van der Waals surface area contributed by atoms with Crippen LogP contribution in [-0.4, -0.2) is 61.6 Å². The zero-order chi connectivity index (χ0) is 14.8. The third kappa shape index (κ3) is 3.44. The van der Waals surface area contributed by atoms with E-state index in [0.29, 0.717) is 38.0 Å². The molecular weight excluding hydrogens is 278 g/mol. The molecule has 7 heteroatoms. The molecule has 0 radical (unpaired) electrons. The first-order chi connectivity index (χ1) is 9.42. The molecule has 2 fully saturated rings. The van der Waals surface area contributed by atoms with Gasteiger partial charge in [-0.2, -0.15) is 0 Å². The van der Waals surface area contributed by atoms with Crippen LogP contribution in [0.4, 0.5) is 4.79 Å². The lowest BCUT2D eigenvalue weighted by Gasteiger charge is -2.28. The van der Waals surface area contributed by atoms with Crippen LogP contribution in [0.5, 0.6) is 0 Å². The molecule has 1 N–H and O–H groups in total. The largest absolute Gasteiger partial charge is 0.337 e. The van der Waals surface area contributed by atoms with E-state index in [2.05, 4.69) is 19.2 Å². The molecule has 2 saturated heterocycles. The summed E-state index contributed by atoms with van der Waals surface area (Å²) in [7, 11) is -3.06. The fourth-order valence-electron chi connectivity index (χ4n) is 3.07. The number of carbonyl (C=O) groups excluding carboxylic acids is 1. The molecule has 0 saturated carbocycles. The van der Waals surface area contributed by atoms with Gasteiger partial charge < -0.3 is 10.2 Å². The number of urea groups is 1. The van der Waals surface area contributed by atoms with Crippen LogP contribution in [0.3, 0.4) is 0 Å². The van der Waals surface area contributed by atoms with E-state index in [4.69, 9.17) is 0 Å². The summed E-state index contributed by atoms with van der Waals surface area (Å²) in [6, 6.07) is 0.253. The van der Waals surface area contributed by atoms with E-state index in [1.165, 1.54) is 4.31 Å². The molecule has 2 aliphatic rings. The molecule has 0 aromatic carbocycles. The van der Waals surface area contributed by atoms with Crippen LogP contribution < -0.4 is 5.32 Å². The van der Waals surface area contributed by atoms with Gasteiger partial charge in [0.1, 0.15) is 0 Å². The van der Waals surface area contributed by atoms with E-state index in [9.17, 15) is 13.2 Å². The predicted molar refractivity (Wildman–Crippen MR) is 77.9 cm³/mol. The molecule has 2 aliphatic heterocycles. The van der Waals surface area contributed by atoms with Crippen LogP contribution in [0, 0.1) is 5.92 Å². The maximum Gasteiger partial charge on any atom is 0.317 e. The van der Waals surface area contributed by atoms with Crippen molar-refractivity contribution in [2.75, 3.05) is 31.9 Å². The Balaban J connectivity index is 1.78. The lowest BCUT2D eigenvalue weighted by atomic mass is 10.0. The summed E-state index contributed by atoms with van der Waals surface area (Å²) in [6.07, 6.45) is 2.81. The van der Waals surface area contributed by atoms with Crippen molar-refractivity contribution in [2.24, 2.45) is 5.92 Å². The Morgan fingerprint density at radius 1 is 1.30 bits per heavy atom. The van der Waals surface area contributed by atoms with Crippen molar-refractivity contribution in [1.29, 1.82) is 0 Å². The molecule has 2 amide bonds. The van der Waals surface area contributed by atoms with Gasteiger partial charge in [0.25, 0.3) is 0 Å². The minimum absolute atomic E-state index is 0.0576. The highest BCUT2D eigenvalue weighted by atomic mass is 32.2. The van der Waals surface area contributed by atoms with Crippen molar-refractivity contribution in [3.05, 3.63) is 0 Å². The second-order valence-electron chi connectivity index (χ2n) is 5.95. The van der Waals surface area contributed by atoms with Gasteiger partial charge in [0.05, 0.1) is 5.75 Å². The highest BCUT2D eigenvalue weighted by Gasteiger charge is 2.31. The molecule has 2 heterocycles. The lowest BCUT2D eigenvalue weighted by molar-refractivity contribution is 0.178. The molecule has 116 valence electrons. The van der Waals surface area contributed by atoms with Gasteiger partial charge in [-0.15, -0.1) is 0 Å². The van der Waals surface area contributed by atoms with Crippen LogP contribution in [-0.2, 0) is 10.0 Å². The van der Waals surface area contributed by atoms with E-state index in [-0.39, 0.29) is 11.8 Å². The van der Waals surface area contributed by atoms with Crippen LogP contribution in [0.2, 0.25) is 0 Å². The average molecular weight is 303 g/mol. The van der Waals surface area contributed by atoms with Gasteiger partial charge in [-0.05, 0) is 25.2 Å². The summed E-state index contributed by atoms with van der Waals surface area (Å²) in [5.41, 5.74) is 0. The SMILES string of the molecule is CC(C)C1CCCN1C(=O)NCCN1CCCS1(=O)=O. The highest BCUT2D eigenvalue weighted by Crippen LogP contribution is 2.23. The number of nitrogens with one attached hydrogen (secondary N) is 1. The number of nitrogens with zero attached hydrogens (tertiary/aromatic N) is 2. The lowest BCUT2D eigenvalue weighted by Crippen LogP contribution is -2.46. The van der Waals surface area contributed by atoms with Crippen molar-refractivity contribution >= 4 is 16.1 Å². The Morgan fingerprint density at radius 2 is 2.05 bits per heavy atom. The summed E-state index contributed by atoms with van der Waals surface area (Å²) >= 11 is 0. The zero-order valence-corrected chi connectivity index (χ0v) is 13.2. The first-order valence-electron chi connectivity index (χ1n) is 7.44. The van der Waals surface area contributed by atoms with Crippen molar-refractivity contribution in [3.63, 3.8) is 0 Å². The molecule has 20 heavy (non-hydrogen) atoms. The Morgan fingerprint density at radius 3 is 2.65 bits per heavy atom. The smallest absolute Gasteiger partial charge is 0.317 e. The van der Waals surface area contributed by atoms with Gasteiger partial charge in [0, 0.05) is 32.2 Å². The number of hydrogen-bond acceptors (Lipinski definition) is 3. The second kappa shape index (κ2) is 6.30.